The van der Waals surface area contributed by atoms with Crippen LogP contribution < -0.4 is 5.73 Å². The van der Waals surface area contributed by atoms with E-state index >= 15 is 0 Å². The van der Waals surface area contributed by atoms with E-state index in [0.29, 0.717) is 17.1 Å². The molecule has 3 rings (SSSR count). The van der Waals surface area contributed by atoms with Gasteiger partial charge in [0.1, 0.15) is 11.6 Å². The molecule has 4 N–H and O–H groups in total. The van der Waals surface area contributed by atoms with E-state index < -0.39 is 23.0 Å². The third-order valence-electron chi connectivity index (χ3n) is 5.73. The maximum Gasteiger partial charge on any atom is 0.321 e. The first kappa shape index (κ1) is 17.5. The minimum atomic E-state index is -1.33. The van der Waals surface area contributed by atoms with Crippen molar-refractivity contribution in [2.75, 3.05) is 11.5 Å². The van der Waals surface area contributed by atoms with Gasteiger partial charge in [-0.1, -0.05) is 5.57 Å². The Labute approximate surface area is 145 Å². The number of allylic oxidation sites excluding steroid dienone is 3. The van der Waals surface area contributed by atoms with Crippen molar-refractivity contribution in [3.63, 3.8) is 0 Å². The molecule has 0 unspecified atom stereocenters. The van der Waals surface area contributed by atoms with Gasteiger partial charge in [0.15, 0.2) is 5.78 Å². The highest BCUT2D eigenvalue weighted by Gasteiger charge is 2.64. The predicted octanol–water partition coefficient (Wildman–Crippen LogP) is 1.82. The second kappa shape index (κ2) is 5.58. The van der Waals surface area contributed by atoms with E-state index in [1.165, 1.54) is 11.8 Å². The molecule has 0 aliphatic heterocycles. The van der Waals surface area contributed by atoms with Crippen LogP contribution in [-0.4, -0.2) is 45.1 Å². The number of hydrogen-bond donors (Lipinski definition) is 3. The average Bonchev–Trinajstić information content (AvgIpc) is 3.26. The third-order valence-corrected chi connectivity index (χ3v) is 6.82. The predicted molar refractivity (Wildman–Crippen MR) is 93.7 cm³/mol. The van der Waals surface area contributed by atoms with Crippen LogP contribution in [0, 0.1) is 5.41 Å². The van der Waals surface area contributed by atoms with Crippen LogP contribution in [0.4, 0.5) is 0 Å². The van der Waals surface area contributed by atoms with Crippen LogP contribution in [0.2, 0.25) is 0 Å². The number of carboxylic acids is 1. The van der Waals surface area contributed by atoms with Crippen LogP contribution in [0.15, 0.2) is 33.9 Å². The fraction of sp³-hybridized carbons (Fsp3) is 0.556. The van der Waals surface area contributed by atoms with Crippen LogP contribution in [0.1, 0.15) is 33.6 Å². The highest BCUT2D eigenvalue weighted by molar-refractivity contribution is 7.99. The topological polar surface area (TPSA) is 101 Å². The Balaban J connectivity index is 1.88. The molecule has 3 aliphatic carbocycles. The molecule has 5 nitrogen and oxygen atoms in total. The van der Waals surface area contributed by atoms with Gasteiger partial charge in [0.25, 0.3) is 0 Å². The molecule has 0 heterocycles. The summed E-state index contributed by atoms with van der Waals surface area (Å²) in [6.07, 6.45) is 3.52. The number of carbonyl (C=O) groups excluding carboxylic acids is 1. The number of fused-ring (bicyclic) bond motifs is 1. The highest BCUT2D eigenvalue weighted by atomic mass is 32.2. The lowest BCUT2D eigenvalue weighted by Gasteiger charge is -2.39. The highest BCUT2D eigenvalue weighted by Crippen LogP contribution is 2.65. The quantitative estimate of drug-likeness (QED) is 0.700. The minimum Gasteiger partial charge on any atom is -0.480 e. The largest absolute Gasteiger partial charge is 0.480 e. The zero-order valence-electron chi connectivity index (χ0n) is 14.2. The lowest BCUT2D eigenvalue weighted by molar-refractivity contribution is -0.138. The summed E-state index contributed by atoms with van der Waals surface area (Å²) in [5.74, 6) is -0.257. The molecule has 130 valence electrons. The minimum absolute atomic E-state index is 0.192. The zero-order valence-corrected chi connectivity index (χ0v) is 15.0. The van der Waals surface area contributed by atoms with Crippen molar-refractivity contribution < 1.29 is 19.8 Å². The van der Waals surface area contributed by atoms with Gasteiger partial charge in [0, 0.05) is 22.5 Å². The molecule has 2 atom stereocenters. The van der Waals surface area contributed by atoms with Gasteiger partial charge in [-0.2, -0.15) is 11.8 Å². The Kier molecular flexibility index (Phi) is 4.06. The van der Waals surface area contributed by atoms with Gasteiger partial charge in [0.2, 0.25) is 0 Å². The Morgan fingerprint density at radius 1 is 1.42 bits per heavy atom. The first-order chi connectivity index (χ1) is 11.1. The number of rotatable bonds is 5. The van der Waals surface area contributed by atoms with Crippen molar-refractivity contribution in [3.05, 3.63) is 33.9 Å². The number of aliphatic hydroxyl groups is 1. The van der Waals surface area contributed by atoms with Gasteiger partial charge in [-0.15, -0.1) is 0 Å². The molecule has 0 saturated heterocycles. The number of carboxylic acid groups (broad SMARTS) is 1. The van der Waals surface area contributed by atoms with E-state index in [2.05, 4.69) is 0 Å². The molecule has 1 saturated carbocycles. The first-order valence-corrected chi connectivity index (χ1v) is 9.26. The molecular weight excluding hydrogens is 326 g/mol. The van der Waals surface area contributed by atoms with Gasteiger partial charge in [-0.05, 0) is 56.4 Å². The van der Waals surface area contributed by atoms with Crippen LogP contribution in [0.3, 0.4) is 0 Å². The van der Waals surface area contributed by atoms with Gasteiger partial charge in [-0.25, -0.2) is 0 Å². The number of thioether (sulfide) groups is 1. The maximum absolute atomic E-state index is 12.8. The number of carbonyl (C=O) groups is 2. The SMILES string of the molecule is CC1=C(CSC[C@@H](N)C(=O)O)C2=C(C)C3(CC3)[C@@](C)(O)C(=O)C2=C1. The molecule has 0 aromatic carbocycles. The van der Waals surface area contributed by atoms with Crippen molar-refractivity contribution in [3.8, 4) is 0 Å². The van der Waals surface area contributed by atoms with Crippen LogP contribution >= 0.6 is 11.8 Å². The van der Waals surface area contributed by atoms with Crippen molar-refractivity contribution in [2.24, 2.45) is 11.1 Å². The molecule has 24 heavy (non-hydrogen) atoms. The lowest BCUT2D eigenvalue weighted by Crippen LogP contribution is -2.49. The fourth-order valence-electron chi connectivity index (χ4n) is 3.96. The molecule has 0 bridgehead atoms. The van der Waals surface area contributed by atoms with Crippen molar-refractivity contribution in [2.45, 2.75) is 45.3 Å². The lowest BCUT2D eigenvalue weighted by atomic mass is 9.67. The second-order valence-corrected chi connectivity index (χ2v) is 8.19. The first-order valence-electron chi connectivity index (χ1n) is 8.10. The molecule has 6 heteroatoms. The van der Waals surface area contributed by atoms with Crippen molar-refractivity contribution in [1.29, 1.82) is 0 Å². The van der Waals surface area contributed by atoms with Crippen LogP contribution in [-0.2, 0) is 9.59 Å². The van der Waals surface area contributed by atoms with Crippen molar-refractivity contribution in [1.82, 2.24) is 0 Å². The monoisotopic (exact) mass is 349 g/mol. The average molecular weight is 349 g/mol. The van der Waals surface area contributed by atoms with E-state index in [-0.39, 0.29) is 5.78 Å². The summed E-state index contributed by atoms with van der Waals surface area (Å²) in [6.45, 7) is 5.61. The van der Waals surface area contributed by atoms with E-state index in [4.69, 9.17) is 10.8 Å². The van der Waals surface area contributed by atoms with E-state index in [0.717, 1.165) is 35.1 Å². The molecule has 0 amide bonds. The molecule has 3 aliphatic rings. The summed E-state index contributed by atoms with van der Waals surface area (Å²) in [7, 11) is 0. The summed E-state index contributed by atoms with van der Waals surface area (Å²) >= 11 is 1.47. The fourth-order valence-corrected chi connectivity index (χ4v) is 5.05. The second-order valence-electron chi connectivity index (χ2n) is 7.16. The summed E-state index contributed by atoms with van der Waals surface area (Å²) in [5, 5.41) is 19.7. The molecule has 0 aromatic heterocycles. The molecule has 1 spiro atoms. The van der Waals surface area contributed by atoms with Gasteiger partial charge < -0.3 is 15.9 Å². The van der Waals surface area contributed by atoms with Crippen molar-refractivity contribution >= 4 is 23.5 Å². The van der Waals surface area contributed by atoms with Crippen LogP contribution in [0.5, 0.6) is 0 Å². The molecule has 0 radical (unpaired) electrons. The Morgan fingerprint density at radius 3 is 2.58 bits per heavy atom. The maximum atomic E-state index is 12.8. The van der Waals surface area contributed by atoms with E-state index in [9.17, 15) is 14.7 Å². The Morgan fingerprint density at radius 2 is 2.04 bits per heavy atom. The summed E-state index contributed by atoms with van der Waals surface area (Å²) < 4.78 is 0. The standard InChI is InChI=1S/C18H23NO4S/c1-9-6-11-14(12(9)7-24-8-13(19)16(21)22)10(2)18(4-5-18)17(3,23)15(11)20/h6,13,23H,4-5,7-8,19H2,1-3H3,(H,21,22)/t13-,17+/m1/s1. The smallest absolute Gasteiger partial charge is 0.321 e. The number of nitrogens with two attached hydrogens (primary N) is 1. The number of hydrogen-bond acceptors (Lipinski definition) is 5. The summed E-state index contributed by atoms with van der Waals surface area (Å²) in [4.78, 5) is 23.6. The summed E-state index contributed by atoms with van der Waals surface area (Å²) in [6, 6.07) is -0.886. The Hall–Kier alpha value is -1.37. The third kappa shape index (κ3) is 2.31. The molecule has 1 fully saturated rings. The number of aliphatic carboxylic acids is 1. The molecule has 0 aromatic rings. The summed E-state index contributed by atoms with van der Waals surface area (Å²) in [5.41, 5.74) is 8.55. The van der Waals surface area contributed by atoms with Gasteiger partial charge >= 0.3 is 5.97 Å². The number of ketones is 1. The van der Waals surface area contributed by atoms with Gasteiger partial charge in [0.05, 0.1) is 0 Å². The van der Waals surface area contributed by atoms with Gasteiger partial charge in [-0.3, -0.25) is 9.59 Å². The normalized spacial score (nSPS) is 29.0. The van der Waals surface area contributed by atoms with Crippen LogP contribution in [0.25, 0.3) is 0 Å². The van der Waals surface area contributed by atoms with E-state index in [1.54, 1.807) is 6.92 Å². The zero-order chi connectivity index (χ0) is 17.9. The number of Topliss-reactive ketones (excluding diaryl/α,β-unsaturated/α-hetero) is 1. The Bertz CT molecular complexity index is 725. The molecular formula is C18H23NO4S. The van der Waals surface area contributed by atoms with E-state index in [1.807, 2.05) is 19.9 Å².